The molecule has 0 aromatic heterocycles. The number of nitrogens with one attached hydrogen (secondary N) is 2. The highest BCUT2D eigenvalue weighted by Crippen LogP contribution is 2.24. The van der Waals surface area contributed by atoms with E-state index in [-0.39, 0.29) is 34.5 Å². The lowest BCUT2D eigenvalue weighted by Gasteiger charge is -2.08. The van der Waals surface area contributed by atoms with Crippen molar-refractivity contribution in [2.45, 2.75) is 6.42 Å². The molecule has 0 aliphatic rings. The first-order chi connectivity index (χ1) is 11.4. The van der Waals surface area contributed by atoms with E-state index in [0.717, 1.165) is 16.6 Å². The molecule has 126 valence electrons. The second-order valence-electron chi connectivity index (χ2n) is 4.81. The summed E-state index contributed by atoms with van der Waals surface area (Å²) in [6.07, 6.45) is 0.0650. The summed E-state index contributed by atoms with van der Waals surface area (Å²) in [4.78, 5) is 23.8. The Morgan fingerprint density at radius 1 is 1.08 bits per heavy atom. The van der Waals surface area contributed by atoms with Crippen molar-refractivity contribution in [1.29, 1.82) is 0 Å². The van der Waals surface area contributed by atoms with E-state index in [2.05, 4.69) is 26.6 Å². The third-order valence-electron chi connectivity index (χ3n) is 3.02. The predicted molar refractivity (Wildman–Crippen MR) is 96.1 cm³/mol. The van der Waals surface area contributed by atoms with Gasteiger partial charge in [0.2, 0.25) is 5.91 Å². The fraction of sp³-hybridized carbons (Fsp3) is 0.125. The molecule has 2 rings (SSSR count). The van der Waals surface area contributed by atoms with Crippen molar-refractivity contribution >= 4 is 56.6 Å². The minimum atomic E-state index is -0.737. The SMILES string of the molecule is O=C(CCNC(=O)c1cc(F)c(Cl)cc1Cl)Nc1ccc(Br)cc1. The number of amides is 2. The van der Waals surface area contributed by atoms with Crippen molar-refractivity contribution in [3.8, 4) is 0 Å². The summed E-state index contributed by atoms with van der Waals surface area (Å²) >= 11 is 14.7. The smallest absolute Gasteiger partial charge is 0.252 e. The number of hydrogen-bond donors (Lipinski definition) is 2. The minimum absolute atomic E-state index is 0.0353. The molecule has 2 aromatic carbocycles. The van der Waals surface area contributed by atoms with Gasteiger partial charge in [0, 0.05) is 23.1 Å². The zero-order valence-electron chi connectivity index (χ0n) is 12.2. The molecule has 0 radical (unpaired) electrons. The average Bonchev–Trinajstić information content (AvgIpc) is 2.53. The van der Waals surface area contributed by atoms with Gasteiger partial charge >= 0.3 is 0 Å². The van der Waals surface area contributed by atoms with Gasteiger partial charge in [0.1, 0.15) is 5.82 Å². The van der Waals surface area contributed by atoms with Crippen molar-refractivity contribution < 1.29 is 14.0 Å². The van der Waals surface area contributed by atoms with Crippen LogP contribution in [-0.2, 0) is 4.79 Å². The van der Waals surface area contributed by atoms with Gasteiger partial charge in [-0.1, -0.05) is 39.1 Å². The molecule has 0 heterocycles. The van der Waals surface area contributed by atoms with Gasteiger partial charge in [-0.05, 0) is 36.4 Å². The molecule has 24 heavy (non-hydrogen) atoms. The highest BCUT2D eigenvalue weighted by atomic mass is 79.9. The Bertz CT molecular complexity index is 769. The Balaban J connectivity index is 1.85. The van der Waals surface area contributed by atoms with Crippen LogP contribution < -0.4 is 10.6 Å². The van der Waals surface area contributed by atoms with Crippen molar-refractivity contribution in [1.82, 2.24) is 5.32 Å². The fourth-order valence-electron chi connectivity index (χ4n) is 1.84. The molecule has 0 aliphatic carbocycles. The predicted octanol–water partition coefficient (Wildman–Crippen LogP) is 4.65. The molecule has 4 nitrogen and oxygen atoms in total. The number of anilines is 1. The van der Waals surface area contributed by atoms with Gasteiger partial charge in [0.05, 0.1) is 15.6 Å². The van der Waals surface area contributed by atoms with Crippen molar-refractivity contribution in [2.24, 2.45) is 0 Å². The summed E-state index contributed by atoms with van der Waals surface area (Å²) in [6, 6.07) is 9.21. The van der Waals surface area contributed by atoms with Gasteiger partial charge in [0.25, 0.3) is 5.91 Å². The topological polar surface area (TPSA) is 58.2 Å². The third-order valence-corrected chi connectivity index (χ3v) is 4.15. The molecule has 0 fully saturated rings. The Labute approximate surface area is 156 Å². The van der Waals surface area contributed by atoms with Gasteiger partial charge in [-0.25, -0.2) is 4.39 Å². The van der Waals surface area contributed by atoms with E-state index in [1.807, 2.05) is 0 Å². The highest BCUT2D eigenvalue weighted by Gasteiger charge is 2.14. The number of halogens is 4. The average molecular weight is 434 g/mol. The van der Waals surface area contributed by atoms with Crippen molar-refractivity contribution in [3.05, 3.63) is 62.3 Å². The maximum absolute atomic E-state index is 13.4. The van der Waals surface area contributed by atoms with E-state index in [1.54, 1.807) is 24.3 Å². The molecule has 0 aliphatic heterocycles. The maximum Gasteiger partial charge on any atom is 0.252 e. The van der Waals surface area contributed by atoms with Crippen LogP contribution in [0.2, 0.25) is 10.0 Å². The molecule has 0 spiro atoms. The molecule has 2 N–H and O–H groups in total. The van der Waals surface area contributed by atoms with Crippen LogP contribution in [0.1, 0.15) is 16.8 Å². The summed E-state index contributed by atoms with van der Waals surface area (Å²) in [5, 5.41) is 5.09. The first-order valence-corrected chi connectivity index (χ1v) is 8.40. The minimum Gasteiger partial charge on any atom is -0.351 e. The summed E-state index contributed by atoms with van der Waals surface area (Å²) in [6.45, 7) is 0.0851. The molecular formula is C16H12BrCl2FN2O2. The number of rotatable bonds is 5. The monoisotopic (exact) mass is 432 g/mol. The fourth-order valence-corrected chi connectivity index (χ4v) is 2.57. The second-order valence-corrected chi connectivity index (χ2v) is 6.54. The number of benzene rings is 2. The van der Waals surface area contributed by atoms with E-state index in [9.17, 15) is 14.0 Å². The number of hydrogen-bond acceptors (Lipinski definition) is 2. The van der Waals surface area contributed by atoms with Crippen LogP contribution in [-0.4, -0.2) is 18.4 Å². The Morgan fingerprint density at radius 3 is 2.42 bits per heavy atom. The molecule has 0 atom stereocenters. The van der Waals surface area contributed by atoms with Crippen LogP contribution in [0.3, 0.4) is 0 Å². The molecule has 0 unspecified atom stereocenters. The third kappa shape index (κ3) is 5.19. The lowest BCUT2D eigenvalue weighted by Crippen LogP contribution is -2.28. The lowest BCUT2D eigenvalue weighted by atomic mass is 10.2. The van der Waals surface area contributed by atoms with Crippen LogP contribution in [0.4, 0.5) is 10.1 Å². The number of carbonyl (C=O) groups is 2. The van der Waals surface area contributed by atoms with Crippen molar-refractivity contribution in [3.63, 3.8) is 0 Å². The quantitative estimate of drug-likeness (QED) is 0.674. The summed E-state index contributed by atoms with van der Waals surface area (Å²) in [5.41, 5.74) is 0.615. The zero-order valence-corrected chi connectivity index (χ0v) is 15.3. The standard InChI is InChI=1S/C16H12BrCl2FN2O2/c17-9-1-3-10(4-2-9)22-15(23)5-6-21-16(24)11-7-14(20)13(19)8-12(11)18/h1-4,7-8H,5-6H2,(H,21,24)(H,22,23). The van der Waals surface area contributed by atoms with Crippen LogP contribution in [0.25, 0.3) is 0 Å². The van der Waals surface area contributed by atoms with Crippen LogP contribution in [0, 0.1) is 5.82 Å². The summed E-state index contributed by atoms with van der Waals surface area (Å²) in [7, 11) is 0. The zero-order chi connectivity index (χ0) is 17.7. The Hall–Kier alpha value is -1.63. The first kappa shape index (κ1) is 18.7. The van der Waals surface area contributed by atoms with E-state index < -0.39 is 11.7 Å². The number of carbonyl (C=O) groups excluding carboxylic acids is 2. The largest absolute Gasteiger partial charge is 0.351 e. The van der Waals surface area contributed by atoms with Crippen LogP contribution >= 0.6 is 39.1 Å². The first-order valence-electron chi connectivity index (χ1n) is 6.85. The second kappa shape index (κ2) is 8.46. The Kier molecular flexibility index (Phi) is 6.60. The normalized spacial score (nSPS) is 10.3. The molecule has 8 heteroatoms. The molecule has 0 bridgehead atoms. The maximum atomic E-state index is 13.4. The van der Waals surface area contributed by atoms with Crippen LogP contribution in [0.15, 0.2) is 40.9 Å². The molecule has 2 amide bonds. The van der Waals surface area contributed by atoms with Gasteiger partial charge in [-0.3, -0.25) is 9.59 Å². The summed E-state index contributed by atoms with van der Waals surface area (Å²) < 4.78 is 14.3. The van der Waals surface area contributed by atoms with E-state index in [4.69, 9.17) is 23.2 Å². The highest BCUT2D eigenvalue weighted by molar-refractivity contribution is 9.10. The van der Waals surface area contributed by atoms with Crippen LogP contribution in [0.5, 0.6) is 0 Å². The van der Waals surface area contributed by atoms with Gasteiger partial charge in [0.15, 0.2) is 0 Å². The van der Waals surface area contributed by atoms with Gasteiger partial charge < -0.3 is 10.6 Å². The van der Waals surface area contributed by atoms with E-state index in [0.29, 0.717) is 5.69 Å². The molecule has 2 aromatic rings. The van der Waals surface area contributed by atoms with Gasteiger partial charge in [-0.2, -0.15) is 0 Å². The van der Waals surface area contributed by atoms with Gasteiger partial charge in [-0.15, -0.1) is 0 Å². The van der Waals surface area contributed by atoms with E-state index >= 15 is 0 Å². The lowest BCUT2D eigenvalue weighted by molar-refractivity contribution is -0.116. The van der Waals surface area contributed by atoms with Crippen molar-refractivity contribution in [2.75, 3.05) is 11.9 Å². The molecule has 0 saturated heterocycles. The molecular weight excluding hydrogens is 422 g/mol. The molecule has 0 saturated carbocycles. The summed E-state index contributed by atoms with van der Waals surface area (Å²) in [5.74, 6) is -1.57. The van der Waals surface area contributed by atoms with E-state index in [1.165, 1.54) is 0 Å². The Morgan fingerprint density at radius 2 is 1.75 bits per heavy atom.